The lowest BCUT2D eigenvalue weighted by Gasteiger charge is -2.07. The van der Waals surface area contributed by atoms with Crippen LogP contribution >= 0.6 is 15.9 Å². The summed E-state index contributed by atoms with van der Waals surface area (Å²) in [7, 11) is 1.29. The van der Waals surface area contributed by atoms with Gasteiger partial charge < -0.3 is 9.72 Å². The van der Waals surface area contributed by atoms with Crippen LogP contribution in [-0.2, 0) is 4.74 Å². The maximum absolute atomic E-state index is 13.0. The van der Waals surface area contributed by atoms with Gasteiger partial charge in [0, 0.05) is 21.8 Å². The van der Waals surface area contributed by atoms with Crippen LogP contribution in [0.2, 0.25) is 0 Å². The largest absolute Gasteiger partial charge is 0.464 e. The number of aromatic amines is 1. The summed E-state index contributed by atoms with van der Waals surface area (Å²) in [6.07, 6.45) is 1.66. The van der Waals surface area contributed by atoms with Gasteiger partial charge in [0.25, 0.3) is 0 Å². The molecule has 3 rings (SSSR count). The predicted molar refractivity (Wildman–Crippen MR) is 95.1 cm³/mol. The number of methoxy groups -OCH3 is 1. The first-order valence-electron chi connectivity index (χ1n) is 7.27. The second kappa shape index (κ2) is 6.84. The van der Waals surface area contributed by atoms with Gasteiger partial charge in [0.05, 0.1) is 12.7 Å². The Labute approximate surface area is 147 Å². The van der Waals surface area contributed by atoms with Crippen LogP contribution in [0.15, 0.2) is 65.3 Å². The molecule has 0 saturated heterocycles. The number of benzene rings is 2. The van der Waals surface area contributed by atoms with Crippen LogP contribution in [0.25, 0.3) is 11.1 Å². The average molecular weight is 384 g/mol. The molecule has 0 aliphatic rings. The topological polar surface area (TPSA) is 59.2 Å². The number of hydrogen-bond donors (Lipinski definition) is 1. The van der Waals surface area contributed by atoms with E-state index in [9.17, 15) is 9.59 Å². The average Bonchev–Trinajstić information content (AvgIpc) is 3.07. The number of esters is 1. The second-order valence-electron chi connectivity index (χ2n) is 5.15. The van der Waals surface area contributed by atoms with Crippen LogP contribution in [-0.4, -0.2) is 23.8 Å². The fourth-order valence-corrected chi connectivity index (χ4v) is 2.78. The number of rotatable bonds is 4. The summed E-state index contributed by atoms with van der Waals surface area (Å²) in [6, 6.07) is 16.5. The molecule has 0 aliphatic heterocycles. The summed E-state index contributed by atoms with van der Waals surface area (Å²) in [5, 5.41) is 0. The molecule has 0 unspecified atom stereocenters. The Balaban J connectivity index is 2.16. The Bertz CT molecular complexity index is 883. The molecule has 0 radical (unpaired) electrons. The van der Waals surface area contributed by atoms with Gasteiger partial charge in [-0.05, 0) is 29.8 Å². The molecule has 1 heterocycles. The fourth-order valence-electron chi connectivity index (χ4n) is 2.51. The van der Waals surface area contributed by atoms with Crippen LogP contribution in [0.4, 0.5) is 0 Å². The Morgan fingerprint density at radius 2 is 1.67 bits per heavy atom. The van der Waals surface area contributed by atoms with Gasteiger partial charge in [0.2, 0.25) is 0 Å². The molecule has 0 bridgehead atoms. The molecular weight excluding hydrogens is 370 g/mol. The van der Waals surface area contributed by atoms with Crippen LogP contribution in [0.5, 0.6) is 0 Å². The smallest absolute Gasteiger partial charge is 0.355 e. The first-order chi connectivity index (χ1) is 11.6. The normalized spacial score (nSPS) is 10.4. The molecule has 3 aromatic rings. The van der Waals surface area contributed by atoms with Gasteiger partial charge >= 0.3 is 5.97 Å². The molecule has 2 aromatic carbocycles. The van der Waals surface area contributed by atoms with Gasteiger partial charge in [-0.2, -0.15) is 0 Å². The quantitative estimate of drug-likeness (QED) is 0.534. The number of hydrogen-bond acceptors (Lipinski definition) is 3. The number of nitrogens with one attached hydrogen (secondary N) is 1. The highest BCUT2D eigenvalue weighted by Crippen LogP contribution is 2.29. The van der Waals surface area contributed by atoms with E-state index in [2.05, 4.69) is 20.9 Å². The molecule has 0 fully saturated rings. The summed E-state index contributed by atoms with van der Waals surface area (Å²) in [6.45, 7) is 0. The number of ketones is 1. The summed E-state index contributed by atoms with van der Waals surface area (Å²) < 4.78 is 5.68. The van der Waals surface area contributed by atoms with Crippen molar-refractivity contribution in [3.63, 3.8) is 0 Å². The molecule has 120 valence electrons. The lowest BCUT2D eigenvalue weighted by Crippen LogP contribution is -2.11. The maximum atomic E-state index is 13.0. The Morgan fingerprint density at radius 1 is 1.00 bits per heavy atom. The molecule has 0 amide bonds. The highest BCUT2D eigenvalue weighted by Gasteiger charge is 2.25. The van der Waals surface area contributed by atoms with E-state index in [0.29, 0.717) is 16.7 Å². The minimum atomic E-state index is -0.572. The van der Waals surface area contributed by atoms with Gasteiger partial charge in [-0.25, -0.2) is 4.79 Å². The van der Waals surface area contributed by atoms with Crippen molar-refractivity contribution in [3.8, 4) is 11.1 Å². The molecule has 0 atom stereocenters. The molecule has 0 saturated carbocycles. The van der Waals surface area contributed by atoms with Gasteiger partial charge in [0.15, 0.2) is 5.78 Å². The number of H-pyrrole nitrogens is 1. The lowest BCUT2D eigenvalue weighted by molar-refractivity contribution is 0.0591. The van der Waals surface area contributed by atoms with Gasteiger partial charge in [0.1, 0.15) is 5.69 Å². The van der Waals surface area contributed by atoms with E-state index < -0.39 is 5.97 Å². The molecule has 0 spiro atoms. The van der Waals surface area contributed by atoms with Crippen molar-refractivity contribution in [2.24, 2.45) is 0 Å². The van der Waals surface area contributed by atoms with Crippen molar-refractivity contribution in [2.75, 3.05) is 7.11 Å². The Morgan fingerprint density at radius 3 is 2.29 bits per heavy atom. The van der Waals surface area contributed by atoms with E-state index >= 15 is 0 Å². The number of aromatic nitrogens is 1. The van der Waals surface area contributed by atoms with Crippen molar-refractivity contribution >= 4 is 27.7 Å². The maximum Gasteiger partial charge on any atom is 0.355 e. The van der Waals surface area contributed by atoms with Gasteiger partial charge in [-0.3, -0.25) is 4.79 Å². The number of ether oxygens (including phenoxy) is 1. The zero-order chi connectivity index (χ0) is 17.1. The highest BCUT2D eigenvalue weighted by atomic mass is 79.9. The zero-order valence-electron chi connectivity index (χ0n) is 12.9. The van der Waals surface area contributed by atoms with Crippen LogP contribution < -0.4 is 0 Å². The third kappa shape index (κ3) is 3.03. The minimum Gasteiger partial charge on any atom is -0.464 e. The van der Waals surface area contributed by atoms with Crippen molar-refractivity contribution < 1.29 is 14.3 Å². The van der Waals surface area contributed by atoms with Crippen LogP contribution in [0.1, 0.15) is 26.4 Å². The molecule has 5 heteroatoms. The standard InChI is InChI=1S/C19H14BrNO3/c1-24-19(23)17-16(18(22)13-7-9-14(20)10-8-13)15(11-21-17)12-5-3-2-4-6-12/h2-11,21H,1H3. The molecule has 4 nitrogen and oxygen atoms in total. The zero-order valence-corrected chi connectivity index (χ0v) is 14.5. The third-order valence-electron chi connectivity index (χ3n) is 3.69. The van der Waals surface area contributed by atoms with E-state index in [0.717, 1.165) is 10.0 Å². The van der Waals surface area contributed by atoms with Crippen molar-refractivity contribution in [2.45, 2.75) is 0 Å². The minimum absolute atomic E-state index is 0.157. The summed E-state index contributed by atoms with van der Waals surface area (Å²) in [5.74, 6) is -0.805. The van der Waals surface area contributed by atoms with E-state index in [1.165, 1.54) is 7.11 Å². The highest BCUT2D eigenvalue weighted by molar-refractivity contribution is 9.10. The van der Waals surface area contributed by atoms with Crippen LogP contribution in [0, 0.1) is 0 Å². The molecule has 0 aliphatic carbocycles. The predicted octanol–water partition coefficient (Wildman–Crippen LogP) is 4.46. The summed E-state index contributed by atoms with van der Waals surface area (Å²) in [4.78, 5) is 27.9. The van der Waals surface area contributed by atoms with Crippen molar-refractivity contribution in [1.29, 1.82) is 0 Å². The lowest BCUT2D eigenvalue weighted by atomic mass is 9.96. The van der Waals surface area contributed by atoms with Gasteiger partial charge in [-0.15, -0.1) is 0 Å². The van der Waals surface area contributed by atoms with Crippen molar-refractivity contribution in [3.05, 3.63) is 82.1 Å². The first-order valence-corrected chi connectivity index (χ1v) is 8.06. The molecule has 1 N–H and O–H groups in total. The van der Waals surface area contributed by atoms with E-state index in [4.69, 9.17) is 4.74 Å². The molecule has 24 heavy (non-hydrogen) atoms. The van der Waals surface area contributed by atoms with E-state index in [1.807, 2.05) is 30.3 Å². The SMILES string of the molecule is COC(=O)c1[nH]cc(-c2ccccc2)c1C(=O)c1ccc(Br)cc1. The van der Waals surface area contributed by atoms with E-state index in [1.54, 1.807) is 30.5 Å². The number of carbonyl (C=O) groups excluding carboxylic acids is 2. The summed E-state index contributed by atoms with van der Waals surface area (Å²) in [5.41, 5.74) is 2.49. The molecule has 1 aromatic heterocycles. The van der Waals surface area contributed by atoms with E-state index in [-0.39, 0.29) is 11.5 Å². The van der Waals surface area contributed by atoms with Crippen LogP contribution in [0.3, 0.4) is 0 Å². The summed E-state index contributed by atoms with van der Waals surface area (Å²) >= 11 is 3.35. The van der Waals surface area contributed by atoms with Crippen molar-refractivity contribution in [1.82, 2.24) is 4.98 Å². The Hall–Kier alpha value is -2.66. The number of carbonyl (C=O) groups is 2. The fraction of sp³-hybridized carbons (Fsp3) is 0.0526. The molecular formula is C19H14BrNO3. The first kappa shape index (κ1) is 16.2. The third-order valence-corrected chi connectivity index (χ3v) is 4.22. The monoisotopic (exact) mass is 383 g/mol. The van der Waals surface area contributed by atoms with Gasteiger partial charge in [-0.1, -0.05) is 46.3 Å². The second-order valence-corrected chi connectivity index (χ2v) is 6.06. The number of halogens is 1. The Kier molecular flexibility index (Phi) is 4.62.